The molecule has 19 heavy (non-hydrogen) atoms. The van der Waals surface area contributed by atoms with Crippen LogP contribution < -0.4 is 14.8 Å². The Kier molecular flexibility index (Phi) is 4.87. The number of fused-ring (bicyclic) bond motifs is 1. The van der Waals surface area contributed by atoms with Crippen molar-refractivity contribution in [2.24, 2.45) is 0 Å². The topological polar surface area (TPSA) is 56.8 Å². The first-order chi connectivity index (χ1) is 9.20. The maximum Gasteiger partial charge on any atom is 0.305 e. The number of ether oxygens (including phenoxy) is 3. The van der Waals surface area contributed by atoms with Crippen LogP contribution in [0, 0.1) is 0 Å². The van der Waals surface area contributed by atoms with Crippen molar-refractivity contribution in [2.75, 3.05) is 20.4 Å². The molecule has 6 heteroatoms. The highest BCUT2D eigenvalue weighted by Gasteiger charge is 2.17. The first-order valence-electron chi connectivity index (χ1n) is 6.06. The van der Waals surface area contributed by atoms with Crippen LogP contribution in [0.25, 0.3) is 0 Å². The van der Waals surface area contributed by atoms with E-state index in [1.807, 2.05) is 12.1 Å². The lowest BCUT2D eigenvalue weighted by Crippen LogP contribution is -2.16. The van der Waals surface area contributed by atoms with Gasteiger partial charge in [0.25, 0.3) is 0 Å². The van der Waals surface area contributed by atoms with Crippen LogP contribution >= 0.6 is 11.6 Å². The molecule has 0 radical (unpaired) electrons. The van der Waals surface area contributed by atoms with Crippen LogP contribution in [-0.4, -0.2) is 26.4 Å². The fourth-order valence-electron chi connectivity index (χ4n) is 1.82. The zero-order valence-corrected chi connectivity index (χ0v) is 11.5. The summed E-state index contributed by atoms with van der Waals surface area (Å²) in [5.74, 6) is 1.10. The summed E-state index contributed by atoms with van der Waals surface area (Å²) in [6.07, 6.45) is 1.16. The highest BCUT2D eigenvalue weighted by Crippen LogP contribution is 2.39. The smallest absolute Gasteiger partial charge is 0.305 e. The lowest BCUT2D eigenvalue weighted by molar-refractivity contribution is -0.140. The minimum absolute atomic E-state index is 0.187. The predicted molar refractivity (Wildman–Crippen MR) is 70.5 cm³/mol. The molecule has 1 heterocycles. The second-order valence-corrected chi connectivity index (χ2v) is 4.58. The van der Waals surface area contributed by atoms with E-state index in [2.05, 4.69) is 10.1 Å². The molecule has 0 unspecified atom stereocenters. The van der Waals surface area contributed by atoms with E-state index in [0.717, 1.165) is 18.5 Å². The number of nitrogens with one attached hydrogen (secondary N) is 1. The van der Waals surface area contributed by atoms with E-state index in [9.17, 15) is 4.79 Å². The third-order valence-electron chi connectivity index (χ3n) is 2.78. The summed E-state index contributed by atoms with van der Waals surface area (Å²) in [4.78, 5) is 10.9. The average Bonchev–Trinajstić information content (AvgIpc) is 2.87. The van der Waals surface area contributed by atoms with Gasteiger partial charge in [-0.1, -0.05) is 11.6 Å². The number of halogens is 1. The van der Waals surface area contributed by atoms with E-state index < -0.39 is 0 Å². The molecular weight excluding hydrogens is 270 g/mol. The Morgan fingerprint density at radius 3 is 3.11 bits per heavy atom. The molecule has 1 aliphatic heterocycles. The highest BCUT2D eigenvalue weighted by molar-refractivity contribution is 6.32. The van der Waals surface area contributed by atoms with E-state index in [1.54, 1.807) is 0 Å². The summed E-state index contributed by atoms with van der Waals surface area (Å²) in [5.41, 5.74) is 1.02. The molecule has 1 N–H and O–H groups in total. The van der Waals surface area contributed by atoms with Gasteiger partial charge in [0.2, 0.25) is 6.79 Å². The second-order valence-electron chi connectivity index (χ2n) is 4.17. The minimum Gasteiger partial charge on any atom is -0.469 e. The second kappa shape index (κ2) is 6.63. The lowest BCUT2D eigenvalue weighted by atomic mass is 10.2. The van der Waals surface area contributed by atoms with Crippen molar-refractivity contribution in [3.8, 4) is 11.5 Å². The Labute approximate surface area is 116 Å². The van der Waals surface area contributed by atoms with Crippen LogP contribution in [0.3, 0.4) is 0 Å². The number of methoxy groups -OCH3 is 1. The molecule has 104 valence electrons. The van der Waals surface area contributed by atoms with E-state index in [1.165, 1.54) is 7.11 Å². The van der Waals surface area contributed by atoms with Crippen LogP contribution in [0.15, 0.2) is 12.1 Å². The molecule has 1 aromatic carbocycles. The van der Waals surface area contributed by atoms with Crippen molar-refractivity contribution in [1.82, 2.24) is 5.32 Å². The van der Waals surface area contributed by atoms with Gasteiger partial charge in [-0.2, -0.15) is 0 Å². The van der Waals surface area contributed by atoms with Gasteiger partial charge in [-0.3, -0.25) is 4.79 Å². The van der Waals surface area contributed by atoms with Gasteiger partial charge in [0.15, 0.2) is 11.5 Å². The molecule has 0 amide bonds. The average molecular weight is 286 g/mol. The third-order valence-corrected chi connectivity index (χ3v) is 3.06. The maximum atomic E-state index is 10.9. The SMILES string of the molecule is COC(=O)CCCNCc1cc(Cl)c2c(c1)OCO2. The van der Waals surface area contributed by atoms with Gasteiger partial charge in [-0.25, -0.2) is 0 Å². The summed E-state index contributed by atoms with van der Waals surface area (Å²) >= 11 is 6.08. The van der Waals surface area contributed by atoms with Crippen LogP contribution in [0.5, 0.6) is 11.5 Å². The number of rotatable bonds is 6. The number of hydrogen-bond acceptors (Lipinski definition) is 5. The Hall–Kier alpha value is -1.46. The van der Waals surface area contributed by atoms with Crippen molar-refractivity contribution in [1.29, 1.82) is 0 Å². The van der Waals surface area contributed by atoms with Gasteiger partial charge in [0.05, 0.1) is 12.1 Å². The van der Waals surface area contributed by atoms with Gasteiger partial charge < -0.3 is 19.5 Å². The molecule has 0 atom stereocenters. The fraction of sp³-hybridized carbons (Fsp3) is 0.462. The van der Waals surface area contributed by atoms with Crippen molar-refractivity contribution in [3.63, 3.8) is 0 Å². The van der Waals surface area contributed by atoms with Gasteiger partial charge in [-0.05, 0) is 30.7 Å². The van der Waals surface area contributed by atoms with Crippen LogP contribution in [-0.2, 0) is 16.1 Å². The number of hydrogen-bond donors (Lipinski definition) is 1. The molecule has 0 saturated heterocycles. The summed E-state index contributed by atoms with van der Waals surface area (Å²) in [6, 6.07) is 3.75. The molecule has 5 nitrogen and oxygen atoms in total. The first kappa shape index (κ1) is 14.0. The van der Waals surface area contributed by atoms with Crippen LogP contribution in [0.1, 0.15) is 18.4 Å². The molecule has 0 aliphatic carbocycles. The third kappa shape index (κ3) is 3.75. The van der Waals surface area contributed by atoms with Crippen molar-refractivity contribution in [3.05, 3.63) is 22.7 Å². The summed E-state index contributed by atoms with van der Waals surface area (Å²) < 4.78 is 15.1. The molecule has 1 aromatic rings. The number of carbonyl (C=O) groups excluding carboxylic acids is 1. The van der Waals surface area contributed by atoms with Crippen LogP contribution in [0.2, 0.25) is 5.02 Å². The van der Waals surface area contributed by atoms with Gasteiger partial charge in [0.1, 0.15) is 0 Å². The highest BCUT2D eigenvalue weighted by atomic mass is 35.5. The largest absolute Gasteiger partial charge is 0.469 e. The monoisotopic (exact) mass is 285 g/mol. The zero-order chi connectivity index (χ0) is 13.7. The van der Waals surface area contributed by atoms with E-state index in [4.69, 9.17) is 21.1 Å². The van der Waals surface area contributed by atoms with E-state index in [-0.39, 0.29) is 12.8 Å². The Morgan fingerprint density at radius 1 is 1.47 bits per heavy atom. The Balaban J connectivity index is 1.77. The lowest BCUT2D eigenvalue weighted by Gasteiger charge is -2.07. The summed E-state index contributed by atoms with van der Waals surface area (Å²) in [6.45, 7) is 1.61. The normalized spacial score (nSPS) is 12.5. The maximum absolute atomic E-state index is 10.9. The Bertz CT molecular complexity index is 464. The zero-order valence-electron chi connectivity index (χ0n) is 10.7. The number of carbonyl (C=O) groups is 1. The van der Waals surface area contributed by atoms with Crippen LogP contribution in [0.4, 0.5) is 0 Å². The predicted octanol–water partition coefficient (Wildman–Crippen LogP) is 2.11. The Morgan fingerprint density at radius 2 is 2.32 bits per heavy atom. The minimum atomic E-state index is -0.187. The molecule has 0 bridgehead atoms. The van der Waals surface area contributed by atoms with Crippen molar-refractivity contribution in [2.45, 2.75) is 19.4 Å². The quantitative estimate of drug-likeness (QED) is 0.641. The molecule has 0 fully saturated rings. The number of benzene rings is 1. The molecular formula is C13H16ClNO4. The molecule has 0 spiro atoms. The summed E-state index contributed by atoms with van der Waals surface area (Å²) in [5, 5.41) is 3.79. The van der Waals surface area contributed by atoms with E-state index in [0.29, 0.717) is 29.5 Å². The standard InChI is InChI=1S/C13H16ClNO4/c1-17-12(16)3-2-4-15-7-9-5-10(14)13-11(6-9)18-8-19-13/h5-6,15H,2-4,7-8H2,1H3. The van der Waals surface area contributed by atoms with Gasteiger partial charge in [-0.15, -0.1) is 0 Å². The molecule has 0 aromatic heterocycles. The number of esters is 1. The molecule has 1 aliphatic rings. The van der Waals surface area contributed by atoms with Gasteiger partial charge >= 0.3 is 5.97 Å². The fourth-order valence-corrected chi connectivity index (χ4v) is 2.10. The van der Waals surface area contributed by atoms with Crippen molar-refractivity contribution < 1.29 is 19.0 Å². The molecule has 2 rings (SSSR count). The molecule has 0 saturated carbocycles. The first-order valence-corrected chi connectivity index (χ1v) is 6.44. The summed E-state index contributed by atoms with van der Waals surface area (Å²) in [7, 11) is 1.39. The van der Waals surface area contributed by atoms with E-state index >= 15 is 0 Å². The van der Waals surface area contributed by atoms with Crippen molar-refractivity contribution >= 4 is 17.6 Å². The van der Waals surface area contributed by atoms with Gasteiger partial charge in [0, 0.05) is 13.0 Å².